The molecular weight excluding hydrogens is 367 g/mol. The summed E-state index contributed by atoms with van der Waals surface area (Å²) >= 11 is 0. The average molecular weight is 381 g/mol. The number of methoxy groups -OCH3 is 1. The molecule has 8 nitrogen and oxygen atoms in total. The summed E-state index contributed by atoms with van der Waals surface area (Å²) in [7, 11) is 1.56. The highest BCUT2D eigenvalue weighted by atomic mass is 19.4. The molecule has 1 N–H and O–H groups in total. The topological polar surface area (TPSA) is 90.6 Å². The van der Waals surface area contributed by atoms with Crippen molar-refractivity contribution < 1.29 is 27.4 Å². The normalized spacial score (nSPS) is 11.4. The zero-order chi connectivity index (χ0) is 19.4. The maximum absolute atomic E-state index is 12.1. The summed E-state index contributed by atoms with van der Waals surface area (Å²) in [6.45, 7) is -0.494. The molecule has 0 saturated carbocycles. The van der Waals surface area contributed by atoms with E-state index in [0.717, 1.165) is 5.56 Å². The molecule has 2 heterocycles. The van der Waals surface area contributed by atoms with Crippen LogP contribution in [-0.2, 0) is 4.79 Å². The molecule has 0 spiro atoms. The molecule has 142 valence electrons. The fourth-order valence-corrected chi connectivity index (χ4v) is 2.19. The van der Waals surface area contributed by atoms with Crippen molar-refractivity contribution in [2.24, 2.45) is 0 Å². The van der Waals surface area contributed by atoms with Crippen LogP contribution < -0.4 is 14.8 Å². The molecule has 1 aromatic carbocycles. The van der Waals surface area contributed by atoms with E-state index in [1.54, 1.807) is 42.8 Å². The molecule has 0 aliphatic rings. The number of rotatable bonds is 6. The van der Waals surface area contributed by atoms with Crippen molar-refractivity contribution in [1.29, 1.82) is 0 Å². The highest BCUT2D eigenvalue weighted by molar-refractivity contribution is 5.81. The van der Waals surface area contributed by atoms with Crippen LogP contribution in [0, 0.1) is 0 Å². The molecule has 2 aromatic heterocycles. The van der Waals surface area contributed by atoms with Gasteiger partial charge in [0.2, 0.25) is 5.88 Å². The number of benzene rings is 1. The van der Waals surface area contributed by atoms with E-state index in [9.17, 15) is 18.0 Å². The van der Waals surface area contributed by atoms with Gasteiger partial charge in [-0.25, -0.2) is 0 Å². The van der Waals surface area contributed by atoms with Gasteiger partial charge in [0, 0.05) is 11.6 Å². The van der Waals surface area contributed by atoms with Gasteiger partial charge in [0.15, 0.2) is 11.5 Å². The van der Waals surface area contributed by atoms with E-state index >= 15 is 0 Å². The Morgan fingerprint density at radius 1 is 1.15 bits per heavy atom. The number of halogens is 3. The first-order valence-corrected chi connectivity index (χ1v) is 7.73. The van der Waals surface area contributed by atoms with E-state index in [2.05, 4.69) is 15.3 Å². The number of nitrogens with zero attached hydrogens (tertiary/aromatic N) is 4. The number of aromatic nitrogens is 4. The SMILES string of the molecule is COc1ccc(-c2nnc3ccc(OCCNC(=O)C(F)(F)F)nn23)cc1. The summed E-state index contributed by atoms with van der Waals surface area (Å²) in [5.74, 6) is -0.720. The van der Waals surface area contributed by atoms with Crippen LogP contribution in [0.2, 0.25) is 0 Å². The Bertz CT molecular complexity index is 941. The third-order valence-corrected chi connectivity index (χ3v) is 3.48. The first-order chi connectivity index (χ1) is 12.9. The number of ether oxygens (including phenoxy) is 2. The van der Waals surface area contributed by atoms with E-state index in [1.807, 2.05) is 0 Å². The van der Waals surface area contributed by atoms with Crippen molar-refractivity contribution in [3.05, 3.63) is 36.4 Å². The summed E-state index contributed by atoms with van der Waals surface area (Å²) in [5, 5.41) is 14.0. The zero-order valence-corrected chi connectivity index (χ0v) is 14.0. The van der Waals surface area contributed by atoms with Gasteiger partial charge in [0.1, 0.15) is 12.4 Å². The van der Waals surface area contributed by atoms with Crippen LogP contribution in [0.5, 0.6) is 11.6 Å². The van der Waals surface area contributed by atoms with E-state index in [-0.39, 0.29) is 19.0 Å². The molecule has 0 fully saturated rings. The molecule has 0 bridgehead atoms. The number of alkyl halides is 3. The fraction of sp³-hybridized carbons (Fsp3) is 0.250. The van der Waals surface area contributed by atoms with Gasteiger partial charge < -0.3 is 14.8 Å². The Balaban J connectivity index is 1.70. The van der Waals surface area contributed by atoms with Crippen LogP contribution in [0.1, 0.15) is 0 Å². The van der Waals surface area contributed by atoms with Gasteiger partial charge >= 0.3 is 12.1 Å². The van der Waals surface area contributed by atoms with Crippen molar-refractivity contribution in [2.45, 2.75) is 6.18 Å². The number of carbonyl (C=O) groups excluding carboxylic acids is 1. The van der Waals surface area contributed by atoms with Crippen LogP contribution in [-0.4, -0.2) is 52.2 Å². The lowest BCUT2D eigenvalue weighted by Gasteiger charge is -2.09. The smallest absolute Gasteiger partial charge is 0.471 e. The van der Waals surface area contributed by atoms with Gasteiger partial charge in [0.25, 0.3) is 0 Å². The fourth-order valence-electron chi connectivity index (χ4n) is 2.19. The van der Waals surface area contributed by atoms with Crippen molar-refractivity contribution in [2.75, 3.05) is 20.3 Å². The van der Waals surface area contributed by atoms with Crippen molar-refractivity contribution >= 4 is 11.6 Å². The van der Waals surface area contributed by atoms with E-state index in [4.69, 9.17) is 9.47 Å². The second kappa shape index (κ2) is 7.48. The Kier molecular flexibility index (Phi) is 5.10. The van der Waals surface area contributed by atoms with Gasteiger partial charge in [-0.1, -0.05) is 0 Å². The van der Waals surface area contributed by atoms with Crippen LogP contribution in [0.4, 0.5) is 13.2 Å². The third kappa shape index (κ3) is 4.25. The Morgan fingerprint density at radius 3 is 2.56 bits per heavy atom. The molecule has 0 radical (unpaired) electrons. The number of fused-ring (bicyclic) bond motifs is 1. The standard InChI is InChI=1S/C16H14F3N5O3/c1-26-11-4-2-10(3-5-11)14-22-21-12-6-7-13(23-24(12)14)27-9-8-20-15(25)16(17,18)19/h2-7H,8-9H2,1H3,(H,20,25). The van der Waals surface area contributed by atoms with Crippen LogP contribution in [0.15, 0.2) is 36.4 Å². The molecule has 0 aliphatic carbocycles. The van der Waals surface area contributed by atoms with Gasteiger partial charge in [-0.15, -0.1) is 15.3 Å². The molecule has 1 amide bonds. The molecule has 3 aromatic rings. The number of carbonyl (C=O) groups is 1. The molecule has 0 unspecified atom stereocenters. The van der Waals surface area contributed by atoms with Gasteiger partial charge in [0.05, 0.1) is 13.7 Å². The van der Waals surface area contributed by atoms with Gasteiger partial charge in [-0.05, 0) is 30.3 Å². The number of amides is 1. The third-order valence-electron chi connectivity index (χ3n) is 3.48. The molecule has 0 saturated heterocycles. The molecule has 3 rings (SSSR count). The van der Waals surface area contributed by atoms with Gasteiger partial charge in [-0.3, -0.25) is 4.79 Å². The van der Waals surface area contributed by atoms with Crippen molar-refractivity contribution in [3.8, 4) is 23.0 Å². The van der Waals surface area contributed by atoms with Crippen LogP contribution in [0.3, 0.4) is 0 Å². The molecular formula is C16H14F3N5O3. The monoisotopic (exact) mass is 381 g/mol. The predicted octanol–water partition coefficient (Wildman–Crippen LogP) is 1.86. The van der Waals surface area contributed by atoms with E-state index in [1.165, 1.54) is 10.6 Å². The lowest BCUT2D eigenvalue weighted by molar-refractivity contribution is -0.173. The Morgan fingerprint density at radius 2 is 1.89 bits per heavy atom. The first kappa shape index (κ1) is 18.4. The summed E-state index contributed by atoms with van der Waals surface area (Å²) in [4.78, 5) is 10.7. The number of nitrogens with one attached hydrogen (secondary N) is 1. The van der Waals surface area contributed by atoms with Crippen LogP contribution in [0.25, 0.3) is 17.0 Å². The molecule has 27 heavy (non-hydrogen) atoms. The minimum atomic E-state index is -4.92. The lowest BCUT2D eigenvalue weighted by Crippen LogP contribution is -2.38. The quantitative estimate of drug-likeness (QED) is 0.656. The average Bonchev–Trinajstić information content (AvgIpc) is 3.07. The maximum Gasteiger partial charge on any atom is 0.471 e. The summed E-state index contributed by atoms with van der Waals surface area (Å²) < 4.78 is 48.1. The van der Waals surface area contributed by atoms with Crippen molar-refractivity contribution in [3.63, 3.8) is 0 Å². The largest absolute Gasteiger partial charge is 0.497 e. The minimum Gasteiger partial charge on any atom is -0.497 e. The number of hydrogen-bond acceptors (Lipinski definition) is 6. The predicted molar refractivity (Wildman–Crippen MR) is 87.3 cm³/mol. The van der Waals surface area contributed by atoms with Crippen molar-refractivity contribution in [1.82, 2.24) is 25.1 Å². The highest BCUT2D eigenvalue weighted by Crippen LogP contribution is 2.21. The highest BCUT2D eigenvalue weighted by Gasteiger charge is 2.38. The summed E-state index contributed by atoms with van der Waals surface area (Å²) in [6.07, 6.45) is -4.92. The first-order valence-electron chi connectivity index (χ1n) is 7.73. The van der Waals surface area contributed by atoms with E-state index in [0.29, 0.717) is 17.2 Å². The molecule has 11 heteroatoms. The Hall–Kier alpha value is -3.37. The second-order valence-corrected chi connectivity index (χ2v) is 5.30. The minimum absolute atomic E-state index is 0.151. The lowest BCUT2D eigenvalue weighted by atomic mass is 10.2. The van der Waals surface area contributed by atoms with Crippen LogP contribution >= 0.6 is 0 Å². The summed E-state index contributed by atoms with van der Waals surface area (Å²) in [5.41, 5.74) is 1.21. The maximum atomic E-state index is 12.1. The zero-order valence-electron chi connectivity index (χ0n) is 14.0. The second-order valence-electron chi connectivity index (χ2n) is 5.30. The van der Waals surface area contributed by atoms with Gasteiger partial charge in [-0.2, -0.15) is 17.7 Å². The molecule has 0 atom stereocenters. The molecule has 0 aliphatic heterocycles. The van der Waals surface area contributed by atoms with E-state index < -0.39 is 12.1 Å². The number of hydrogen-bond donors (Lipinski definition) is 1. The Labute approximate surface area is 150 Å². The summed E-state index contributed by atoms with van der Waals surface area (Å²) in [6, 6.07) is 10.2.